The van der Waals surface area contributed by atoms with Gasteiger partial charge >= 0.3 is 0 Å². The van der Waals surface area contributed by atoms with E-state index in [9.17, 15) is 0 Å². The summed E-state index contributed by atoms with van der Waals surface area (Å²) >= 11 is 0. The molecule has 0 saturated heterocycles. The van der Waals surface area contributed by atoms with Crippen molar-refractivity contribution in [1.29, 1.82) is 0 Å². The fourth-order valence-electron chi connectivity index (χ4n) is 8.08. The SMILES string of the molecule is CC1c2ccccc2C=CC1c1c2ccccc2c(-c2ccc(C3C=Nc4ccccc4N3C3=CC=CCC=C3)cc2)c2ccccc12. The number of fused-ring (bicyclic) bond motifs is 4. The first-order valence-corrected chi connectivity index (χ1v) is 17.0. The van der Waals surface area contributed by atoms with Gasteiger partial charge in [-0.15, -0.1) is 0 Å². The number of para-hydroxylation sites is 2. The van der Waals surface area contributed by atoms with Crippen LogP contribution in [-0.2, 0) is 0 Å². The van der Waals surface area contributed by atoms with Crippen molar-refractivity contribution in [2.24, 2.45) is 4.99 Å². The Bertz CT molecular complexity index is 2290. The molecule has 0 saturated carbocycles. The maximum absolute atomic E-state index is 4.91. The molecule has 3 aliphatic rings. The number of hydrogen-bond acceptors (Lipinski definition) is 2. The molecule has 2 heteroatoms. The molecule has 0 fully saturated rings. The largest absolute Gasteiger partial charge is 0.327 e. The minimum Gasteiger partial charge on any atom is -0.327 e. The maximum Gasteiger partial charge on any atom is 0.0947 e. The van der Waals surface area contributed by atoms with Gasteiger partial charge in [-0.05, 0) is 91.5 Å². The van der Waals surface area contributed by atoms with Gasteiger partial charge in [0, 0.05) is 17.8 Å². The van der Waals surface area contributed by atoms with Gasteiger partial charge in [0.1, 0.15) is 0 Å². The van der Waals surface area contributed by atoms with Gasteiger partial charge in [0.05, 0.1) is 17.4 Å². The van der Waals surface area contributed by atoms with Crippen molar-refractivity contribution in [3.63, 3.8) is 0 Å². The van der Waals surface area contributed by atoms with Crippen LogP contribution in [-0.4, -0.2) is 6.21 Å². The third-order valence-electron chi connectivity index (χ3n) is 10.4. The smallest absolute Gasteiger partial charge is 0.0947 e. The van der Waals surface area contributed by atoms with Crippen LogP contribution >= 0.6 is 0 Å². The fraction of sp³-hybridized carbons (Fsp3) is 0.109. The lowest BCUT2D eigenvalue weighted by atomic mass is 9.73. The molecule has 2 aliphatic carbocycles. The molecule has 0 bridgehead atoms. The van der Waals surface area contributed by atoms with E-state index < -0.39 is 0 Å². The highest BCUT2D eigenvalue weighted by Gasteiger charge is 2.29. The van der Waals surface area contributed by atoms with Crippen LogP contribution in [0.2, 0.25) is 0 Å². The Morgan fingerprint density at radius 2 is 1.35 bits per heavy atom. The minimum atomic E-state index is -0.0188. The van der Waals surface area contributed by atoms with Crippen molar-refractivity contribution in [3.8, 4) is 11.1 Å². The highest BCUT2D eigenvalue weighted by Crippen LogP contribution is 2.48. The summed E-state index contributed by atoms with van der Waals surface area (Å²) < 4.78 is 0. The van der Waals surface area contributed by atoms with Crippen molar-refractivity contribution in [3.05, 3.63) is 186 Å². The summed E-state index contributed by atoms with van der Waals surface area (Å²) in [6.45, 7) is 2.39. The normalized spacial score (nSPS) is 19.6. The lowest BCUT2D eigenvalue weighted by molar-refractivity contribution is 0.677. The predicted octanol–water partition coefficient (Wildman–Crippen LogP) is 12.2. The number of hydrogen-bond donors (Lipinski definition) is 0. The van der Waals surface area contributed by atoms with Gasteiger partial charge in [-0.25, -0.2) is 0 Å². The average molecular weight is 617 g/mol. The van der Waals surface area contributed by atoms with Crippen LogP contribution < -0.4 is 4.90 Å². The van der Waals surface area contributed by atoms with E-state index in [1.165, 1.54) is 54.9 Å². The zero-order chi connectivity index (χ0) is 32.0. The molecule has 48 heavy (non-hydrogen) atoms. The quantitative estimate of drug-likeness (QED) is 0.180. The van der Waals surface area contributed by atoms with Gasteiger partial charge < -0.3 is 4.90 Å². The molecule has 3 unspecified atom stereocenters. The third kappa shape index (κ3) is 4.67. The second kappa shape index (κ2) is 11.8. The third-order valence-corrected chi connectivity index (χ3v) is 10.4. The van der Waals surface area contributed by atoms with Crippen LogP contribution in [0, 0.1) is 0 Å². The zero-order valence-corrected chi connectivity index (χ0v) is 27.0. The van der Waals surface area contributed by atoms with Crippen molar-refractivity contribution < 1.29 is 0 Å². The molecular formula is C46H36N2. The molecule has 2 nitrogen and oxygen atoms in total. The summed E-state index contributed by atoms with van der Waals surface area (Å²) in [4.78, 5) is 7.33. The van der Waals surface area contributed by atoms with E-state index in [-0.39, 0.29) is 12.0 Å². The monoisotopic (exact) mass is 616 g/mol. The Labute approximate surface area is 282 Å². The first kappa shape index (κ1) is 28.5. The van der Waals surface area contributed by atoms with E-state index in [1.807, 2.05) is 0 Å². The van der Waals surface area contributed by atoms with E-state index in [0.717, 1.165) is 23.5 Å². The first-order valence-electron chi connectivity index (χ1n) is 17.0. The second-order valence-corrected chi connectivity index (χ2v) is 13.0. The van der Waals surface area contributed by atoms with Crippen LogP contribution in [0.15, 0.2) is 168 Å². The molecule has 0 amide bonds. The van der Waals surface area contributed by atoms with Crippen molar-refractivity contribution >= 4 is 45.2 Å². The van der Waals surface area contributed by atoms with E-state index in [4.69, 9.17) is 4.99 Å². The van der Waals surface area contributed by atoms with Crippen molar-refractivity contribution in [2.45, 2.75) is 31.2 Å². The molecule has 1 aliphatic heterocycles. The van der Waals surface area contributed by atoms with Gasteiger partial charge in [0.25, 0.3) is 0 Å². The predicted molar refractivity (Wildman–Crippen MR) is 204 cm³/mol. The van der Waals surface area contributed by atoms with Crippen LogP contribution in [0.1, 0.15) is 53.5 Å². The summed E-state index contributed by atoms with van der Waals surface area (Å²) in [6.07, 6.45) is 18.8. The van der Waals surface area contributed by atoms with Gasteiger partial charge in [0.2, 0.25) is 0 Å². The Hall–Kier alpha value is -5.73. The minimum absolute atomic E-state index is 0.0188. The van der Waals surface area contributed by atoms with Gasteiger partial charge in [-0.2, -0.15) is 0 Å². The topological polar surface area (TPSA) is 15.6 Å². The number of benzene rings is 6. The molecule has 0 aromatic heterocycles. The highest BCUT2D eigenvalue weighted by molar-refractivity contribution is 6.15. The van der Waals surface area contributed by atoms with Gasteiger partial charge in [-0.3, -0.25) is 4.99 Å². The Kier molecular flexibility index (Phi) is 7.01. The molecule has 0 spiro atoms. The van der Waals surface area contributed by atoms with Crippen LogP contribution in [0.5, 0.6) is 0 Å². The van der Waals surface area contributed by atoms with Crippen LogP contribution in [0.4, 0.5) is 11.4 Å². The molecule has 6 aromatic carbocycles. The number of aliphatic imine (C=N–C) groups is 1. The molecular weight excluding hydrogens is 581 g/mol. The van der Waals surface area contributed by atoms with Gasteiger partial charge in [0.15, 0.2) is 0 Å². The summed E-state index contributed by atoms with van der Waals surface area (Å²) in [5.41, 5.74) is 11.2. The lowest BCUT2D eigenvalue weighted by Crippen LogP contribution is -2.30. The standard InChI is InChI=1S/C46H36N2/c1-31-36-17-7-6-14-32(36)28-29-37(31)46-40-20-10-8-18-38(40)45(39-19-9-11-21-41(39)46)34-26-24-33(25-27-34)44-30-47-42-22-12-13-23-43(42)48(44)35-15-4-2-3-5-16-35/h2,4-31,37,44H,3H2,1H3. The first-order chi connectivity index (χ1) is 23.8. The van der Waals surface area contributed by atoms with Gasteiger partial charge in [-0.1, -0.05) is 146 Å². The van der Waals surface area contributed by atoms with E-state index in [2.05, 4.69) is 182 Å². The van der Waals surface area contributed by atoms with E-state index in [1.54, 1.807) is 0 Å². The number of anilines is 1. The highest BCUT2D eigenvalue weighted by atomic mass is 15.2. The van der Waals surface area contributed by atoms with Crippen molar-refractivity contribution in [1.82, 2.24) is 0 Å². The van der Waals surface area contributed by atoms with E-state index in [0.29, 0.717) is 5.92 Å². The Morgan fingerprint density at radius 1 is 0.667 bits per heavy atom. The fourth-order valence-corrected chi connectivity index (χ4v) is 8.08. The Morgan fingerprint density at radius 3 is 2.15 bits per heavy atom. The molecule has 9 rings (SSSR count). The molecule has 6 aromatic rings. The second-order valence-electron chi connectivity index (χ2n) is 13.0. The molecule has 0 N–H and O–H groups in total. The van der Waals surface area contributed by atoms with Crippen LogP contribution in [0.25, 0.3) is 38.7 Å². The number of rotatable bonds is 4. The van der Waals surface area contributed by atoms with Crippen LogP contribution in [0.3, 0.4) is 0 Å². The summed E-state index contributed by atoms with van der Waals surface area (Å²) in [6, 6.07) is 44.5. The molecule has 1 heterocycles. The zero-order valence-electron chi connectivity index (χ0n) is 27.0. The van der Waals surface area contributed by atoms with Crippen molar-refractivity contribution in [2.75, 3.05) is 4.90 Å². The average Bonchev–Trinajstić information content (AvgIpc) is 3.44. The number of nitrogens with zero attached hydrogens (tertiary/aromatic N) is 2. The molecule has 230 valence electrons. The lowest BCUT2D eigenvalue weighted by Gasteiger charge is -2.36. The summed E-state index contributed by atoms with van der Waals surface area (Å²) in [5.74, 6) is 0.662. The Balaban J connectivity index is 1.17. The number of allylic oxidation sites excluding steroid dienone is 6. The molecule has 3 atom stereocenters. The summed E-state index contributed by atoms with van der Waals surface area (Å²) in [5, 5.41) is 5.26. The maximum atomic E-state index is 4.91. The summed E-state index contributed by atoms with van der Waals surface area (Å²) in [7, 11) is 0. The van der Waals surface area contributed by atoms with E-state index >= 15 is 0 Å². The molecule has 0 radical (unpaired) electrons.